The van der Waals surface area contributed by atoms with Crippen LogP contribution in [-0.2, 0) is 11.2 Å². The molecule has 1 aliphatic heterocycles. The molecular formula is C32H30N2O2S. The average molecular weight is 507 g/mol. The van der Waals surface area contributed by atoms with Crippen molar-refractivity contribution >= 4 is 45.4 Å². The number of para-hydroxylation sites is 1. The molecule has 5 rings (SSSR count). The Morgan fingerprint density at radius 3 is 2.32 bits per heavy atom. The molecule has 1 amide bonds. The second-order valence-corrected chi connectivity index (χ2v) is 9.94. The van der Waals surface area contributed by atoms with Crippen molar-refractivity contribution in [2.24, 2.45) is 4.99 Å². The summed E-state index contributed by atoms with van der Waals surface area (Å²) in [6, 6.07) is 32.3. The third-order valence-corrected chi connectivity index (χ3v) is 7.30. The average Bonchev–Trinajstić information content (AvgIpc) is 3.23. The van der Waals surface area contributed by atoms with Crippen molar-refractivity contribution in [3.8, 4) is 5.75 Å². The monoisotopic (exact) mass is 506 g/mol. The van der Waals surface area contributed by atoms with E-state index < -0.39 is 0 Å². The quantitative estimate of drug-likeness (QED) is 0.171. The predicted octanol–water partition coefficient (Wildman–Crippen LogP) is 7.87. The highest BCUT2D eigenvalue weighted by Crippen LogP contribution is 2.37. The Labute approximate surface area is 222 Å². The van der Waals surface area contributed by atoms with Crippen LogP contribution >= 0.6 is 11.8 Å². The minimum Gasteiger partial charge on any atom is -0.493 e. The van der Waals surface area contributed by atoms with Gasteiger partial charge in [-0.1, -0.05) is 92.2 Å². The second kappa shape index (κ2) is 11.9. The molecule has 0 spiro atoms. The zero-order valence-corrected chi connectivity index (χ0v) is 21.8. The summed E-state index contributed by atoms with van der Waals surface area (Å²) in [7, 11) is 0. The maximum Gasteiger partial charge on any atom is 0.266 e. The van der Waals surface area contributed by atoms with Gasteiger partial charge in [-0.05, 0) is 65.4 Å². The summed E-state index contributed by atoms with van der Waals surface area (Å²) in [5, 5.41) is 2.84. The largest absolute Gasteiger partial charge is 0.493 e. The van der Waals surface area contributed by atoms with Gasteiger partial charge in [0.05, 0.1) is 17.2 Å². The Bertz CT molecular complexity index is 1430. The van der Waals surface area contributed by atoms with E-state index in [0.29, 0.717) is 23.2 Å². The van der Waals surface area contributed by atoms with Crippen molar-refractivity contribution in [3.05, 3.63) is 113 Å². The first-order valence-corrected chi connectivity index (χ1v) is 13.6. The van der Waals surface area contributed by atoms with Crippen molar-refractivity contribution < 1.29 is 9.53 Å². The molecule has 0 bridgehead atoms. The van der Waals surface area contributed by atoms with E-state index in [9.17, 15) is 4.79 Å². The number of benzene rings is 4. The van der Waals surface area contributed by atoms with Crippen molar-refractivity contribution in [2.75, 3.05) is 13.2 Å². The van der Waals surface area contributed by atoms with Gasteiger partial charge in [-0.15, -0.1) is 0 Å². The maximum absolute atomic E-state index is 13.6. The molecule has 0 saturated carbocycles. The minimum absolute atomic E-state index is 0.0111. The molecule has 4 aromatic rings. The van der Waals surface area contributed by atoms with Crippen LogP contribution in [0.4, 0.5) is 5.69 Å². The Kier molecular flexibility index (Phi) is 8.02. The molecule has 5 heteroatoms. The van der Waals surface area contributed by atoms with Crippen LogP contribution in [0.25, 0.3) is 16.8 Å². The molecule has 1 heterocycles. The number of hydrogen-bond acceptors (Lipinski definition) is 4. The summed E-state index contributed by atoms with van der Waals surface area (Å²) < 4.78 is 6.06. The first kappa shape index (κ1) is 24.8. The fraction of sp³-hybridized carbons (Fsp3) is 0.188. The van der Waals surface area contributed by atoms with Gasteiger partial charge in [-0.2, -0.15) is 0 Å². The van der Waals surface area contributed by atoms with Crippen LogP contribution in [0.2, 0.25) is 0 Å². The Balaban J connectivity index is 1.47. The van der Waals surface area contributed by atoms with Crippen LogP contribution in [0.15, 0.2) is 107 Å². The lowest BCUT2D eigenvalue weighted by atomic mass is 10.0. The van der Waals surface area contributed by atoms with E-state index in [2.05, 4.69) is 31.2 Å². The number of amidine groups is 1. The van der Waals surface area contributed by atoms with E-state index >= 15 is 0 Å². The van der Waals surface area contributed by atoms with E-state index in [4.69, 9.17) is 9.73 Å². The molecular weight excluding hydrogens is 476 g/mol. The predicted molar refractivity (Wildman–Crippen MR) is 155 cm³/mol. The molecule has 4 nitrogen and oxygen atoms in total. The zero-order valence-electron chi connectivity index (χ0n) is 21.0. The van der Waals surface area contributed by atoms with Gasteiger partial charge in [-0.3, -0.25) is 9.69 Å². The normalized spacial score (nSPS) is 15.7. The zero-order chi connectivity index (χ0) is 25.5. The number of ether oxygens (including phenoxy) is 1. The van der Waals surface area contributed by atoms with Crippen LogP contribution in [0.3, 0.4) is 0 Å². The standard InChI is InChI=1S/C32H30N2O2S/c1-2-3-22-36-29-19-18-25(27-16-10-11-17-28(27)29)23-30-31(35)34(21-20-24-12-6-4-7-13-24)32(37-30)33-26-14-8-5-9-15-26/h4-19,23H,2-3,20-22H2,1H3/b30-23+,33-32?. The minimum atomic E-state index is -0.0111. The van der Waals surface area contributed by atoms with Crippen LogP contribution in [0.1, 0.15) is 30.9 Å². The number of carbonyl (C=O) groups excluding carboxylic acids is 1. The van der Waals surface area contributed by atoms with Crippen LogP contribution in [-0.4, -0.2) is 29.1 Å². The number of rotatable bonds is 9. The molecule has 4 aromatic carbocycles. The molecule has 37 heavy (non-hydrogen) atoms. The maximum atomic E-state index is 13.6. The topological polar surface area (TPSA) is 41.9 Å². The Hall–Kier alpha value is -3.83. The summed E-state index contributed by atoms with van der Waals surface area (Å²) in [5.41, 5.74) is 3.03. The first-order valence-electron chi connectivity index (χ1n) is 12.8. The highest BCUT2D eigenvalue weighted by atomic mass is 32.2. The molecule has 0 unspecified atom stereocenters. The Morgan fingerprint density at radius 2 is 1.57 bits per heavy atom. The first-order chi connectivity index (χ1) is 18.2. The SMILES string of the molecule is CCCCOc1ccc(/C=C2/SC(=Nc3ccccc3)N(CCc3ccccc3)C2=O)c2ccccc12. The van der Waals surface area contributed by atoms with Gasteiger partial charge >= 0.3 is 0 Å². The van der Waals surface area contributed by atoms with E-state index in [-0.39, 0.29) is 5.91 Å². The van der Waals surface area contributed by atoms with E-state index in [0.717, 1.165) is 47.0 Å². The molecule has 0 N–H and O–H groups in total. The van der Waals surface area contributed by atoms with Crippen molar-refractivity contribution in [2.45, 2.75) is 26.2 Å². The lowest BCUT2D eigenvalue weighted by Gasteiger charge is -2.15. The molecule has 1 saturated heterocycles. The van der Waals surface area contributed by atoms with E-state index in [1.165, 1.54) is 17.3 Å². The highest BCUT2D eigenvalue weighted by Gasteiger charge is 2.33. The number of unbranched alkanes of at least 4 members (excludes halogenated alkanes) is 1. The lowest BCUT2D eigenvalue weighted by Crippen LogP contribution is -2.31. The molecule has 0 radical (unpaired) electrons. The van der Waals surface area contributed by atoms with Crippen molar-refractivity contribution in [1.82, 2.24) is 4.90 Å². The summed E-state index contributed by atoms with van der Waals surface area (Å²) in [6.07, 6.45) is 4.87. The van der Waals surface area contributed by atoms with Crippen molar-refractivity contribution in [1.29, 1.82) is 0 Å². The summed E-state index contributed by atoms with van der Waals surface area (Å²) in [4.78, 5) is 21.0. The van der Waals surface area contributed by atoms with Gasteiger partial charge in [0.25, 0.3) is 5.91 Å². The molecule has 0 aliphatic carbocycles. The van der Waals surface area contributed by atoms with Gasteiger partial charge < -0.3 is 4.74 Å². The third-order valence-electron chi connectivity index (χ3n) is 6.30. The number of amides is 1. The number of hydrogen-bond donors (Lipinski definition) is 0. The molecule has 0 atom stereocenters. The number of thioether (sulfide) groups is 1. The summed E-state index contributed by atoms with van der Waals surface area (Å²) in [6.45, 7) is 3.43. The van der Waals surface area contributed by atoms with Crippen molar-refractivity contribution in [3.63, 3.8) is 0 Å². The third kappa shape index (κ3) is 5.95. The fourth-order valence-electron chi connectivity index (χ4n) is 4.30. The second-order valence-electron chi connectivity index (χ2n) is 8.93. The molecule has 1 fully saturated rings. The highest BCUT2D eigenvalue weighted by molar-refractivity contribution is 8.18. The molecule has 0 aromatic heterocycles. The van der Waals surface area contributed by atoms with Gasteiger partial charge in [0, 0.05) is 11.9 Å². The summed E-state index contributed by atoms with van der Waals surface area (Å²) in [5.74, 6) is 0.871. The summed E-state index contributed by atoms with van der Waals surface area (Å²) >= 11 is 1.44. The van der Waals surface area contributed by atoms with Crippen LogP contribution in [0.5, 0.6) is 5.75 Å². The van der Waals surface area contributed by atoms with Gasteiger partial charge in [0.15, 0.2) is 5.17 Å². The van der Waals surface area contributed by atoms with E-state index in [1.807, 2.05) is 78.9 Å². The molecule has 1 aliphatic rings. The van der Waals surface area contributed by atoms with Gasteiger partial charge in [0.1, 0.15) is 5.75 Å². The number of aliphatic imine (C=N–C) groups is 1. The van der Waals surface area contributed by atoms with Crippen LogP contribution in [0, 0.1) is 0 Å². The van der Waals surface area contributed by atoms with E-state index in [1.54, 1.807) is 4.90 Å². The molecule has 186 valence electrons. The Morgan fingerprint density at radius 1 is 0.865 bits per heavy atom. The smallest absolute Gasteiger partial charge is 0.266 e. The lowest BCUT2D eigenvalue weighted by molar-refractivity contribution is -0.122. The number of fused-ring (bicyclic) bond motifs is 1. The van der Waals surface area contributed by atoms with Crippen LogP contribution < -0.4 is 4.74 Å². The number of nitrogens with zero attached hydrogens (tertiary/aromatic N) is 2. The fourth-order valence-corrected chi connectivity index (χ4v) is 5.32. The number of carbonyl (C=O) groups is 1. The van der Waals surface area contributed by atoms with Gasteiger partial charge in [0.2, 0.25) is 0 Å². The van der Waals surface area contributed by atoms with Gasteiger partial charge in [-0.25, -0.2) is 4.99 Å².